The number of hydrogen-bond acceptors (Lipinski definition) is 3. The van der Waals surface area contributed by atoms with E-state index in [4.69, 9.17) is 9.47 Å². The molecule has 0 aliphatic heterocycles. The fourth-order valence-electron chi connectivity index (χ4n) is 2.83. The topological polar surface area (TPSA) is 18.5 Å². The summed E-state index contributed by atoms with van der Waals surface area (Å²) in [6, 6.07) is 10.7. The van der Waals surface area contributed by atoms with Gasteiger partial charge in [-0.1, -0.05) is 63.1 Å². The van der Waals surface area contributed by atoms with Crippen LogP contribution in [0.4, 0.5) is 0 Å². The molecule has 3 heteroatoms. The van der Waals surface area contributed by atoms with E-state index < -0.39 is 0 Å². The predicted octanol–water partition coefficient (Wildman–Crippen LogP) is 7.12. The summed E-state index contributed by atoms with van der Waals surface area (Å²) in [6.07, 6.45) is 13.6. The minimum absolute atomic E-state index is 0.336. The van der Waals surface area contributed by atoms with Gasteiger partial charge in [-0.2, -0.15) is 0 Å². The number of thioether (sulfide) groups is 1. The average molecular weight is 381 g/mol. The Bertz CT molecular complexity index is 394. The summed E-state index contributed by atoms with van der Waals surface area (Å²) in [4.78, 5) is 1.40. The first-order chi connectivity index (χ1) is 12.8. The van der Waals surface area contributed by atoms with Crippen molar-refractivity contribution >= 4 is 11.8 Å². The van der Waals surface area contributed by atoms with Gasteiger partial charge in [0.25, 0.3) is 0 Å². The molecule has 0 amide bonds. The van der Waals surface area contributed by atoms with E-state index >= 15 is 0 Å². The monoisotopic (exact) mass is 380 g/mol. The van der Waals surface area contributed by atoms with E-state index in [1.807, 2.05) is 11.8 Å². The minimum atomic E-state index is 0.336. The lowest BCUT2D eigenvalue weighted by molar-refractivity contribution is 0.0507. The molecule has 0 aromatic heterocycles. The van der Waals surface area contributed by atoms with Crippen LogP contribution in [0, 0.1) is 0 Å². The van der Waals surface area contributed by atoms with Gasteiger partial charge in [0.1, 0.15) is 0 Å². The van der Waals surface area contributed by atoms with E-state index in [1.165, 1.54) is 68.4 Å². The molecule has 0 saturated carbocycles. The van der Waals surface area contributed by atoms with Crippen LogP contribution in [0.2, 0.25) is 0 Å². The van der Waals surface area contributed by atoms with Gasteiger partial charge in [-0.3, -0.25) is 0 Å². The largest absolute Gasteiger partial charge is 0.381 e. The highest BCUT2D eigenvalue weighted by Crippen LogP contribution is 2.19. The Hall–Kier alpha value is -0.510. The van der Waals surface area contributed by atoms with Gasteiger partial charge in [0, 0.05) is 24.7 Å². The maximum atomic E-state index is 5.65. The van der Waals surface area contributed by atoms with Gasteiger partial charge < -0.3 is 9.47 Å². The molecule has 0 spiro atoms. The molecule has 0 fully saturated rings. The van der Waals surface area contributed by atoms with Crippen LogP contribution in [0.3, 0.4) is 0 Å². The highest BCUT2D eigenvalue weighted by Gasteiger charge is 1.96. The van der Waals surface area contributed by atoms with E-state index in [2.05, 4.69) is 44.2 Å². The molecule has 0 saturated heterocycles. The fraction of sp³-hybridized carbons (Fsp3) is 0.739. The Balaban J connectivity index is 1.70. The number of unbranched alkanes of at least 4 members (excludes halogenated alkanes) is 8. The van der Waals surface area contributed by atoms with Gasteiger partial charge in [0.15, 0.2) is 0 Å². The summed E-state index contributed by atoms with van der Waals surface area (Å²) in [5.74, 6) is 1.26. The van der Waals surface area contributed by atoms with Crippen LogP contribution in [0.5, 0.6) is 0 Å². The van der Waals surface area contributed by atoms with Crippen molar-refractivity contribution in [3.63, 3.8) is 0 Å². The first kappa shape index (κ1) is 23.5. The molecule has 0 heterocycles. The van der Waals surface area contributed by atoms with Crippen molar-refractivity contribution in [3.05, 3.63) is 30.3 Å². The minimum Gasteiger partial charge on any atom is -0.381 e. The van der Waals surface area contributed by atoms with Crippen molar-refractivity contribution in [2.45, 2.75) is 89.1 Å². The van der Waals surface area contributed by atoms with Crippen LogP contribution in [0.25, 0.3) is 0 Å². The summed E-state index contributed by atoms with van der Waals surface area (Å²) in [5, 5.41) is 0. The van der Waals surface area contributed by atoms with Crippen LogP contribution in [0.15, 0.2) is 35.2 Å². The summed E-state index contributed by atoms with van der Waals surface area (Å²) >= 11 is 1.99. The maximum Gasteiger partial charge on any atom is 0.0518 e. The molecule has 1 aromatic rings. The molecule has 1 aromatic carbocycles. The Morgan fingerprint density at radius 2 is 1.27 bits per heavy atom. The number of ether oxygens (including phenoxy) is 2. The van der Waals surface area contributed by atoms with Gasteiger partial charge in [0.05, 0.1) is 6.10 Å². The second-order valence-corrected chi connectivity index (χ2v) is 8.40. The molecule has 0 radical (unpaired) electrons. The Morgan fingerprint density at radius 1 is 0.692 bits per heavy atom. The molecule has 0 N–H and O–H groups in total. The Labute approximate surface area is 166 Å². The van der Waals surface area contributed by atoms with E-state index in [0.717, 1.165) is 26.2 Å². The molecule has 0 bridgehead atoms. The molecule has 0 atom stereocenters. The fourth-order valence-corrected chi connectivity index (χ4v) is 3.77. The molecule has 2 nitrogen and oxygen atoms in total. The lowest BCUT2D eigenvalue weighted by Gasteiger charge is -2.07. The van der Waals surface area contributed by atoms with Crippen molar-refractivity contribution in [1.29, 1.82) is 0 Å². The lowest BCUT2D eigenvalue weighted by Crippen LogP contribution is -2.07. The Kier molecular flexibility index (Phi) is 16.2. The molecule has 1 rings (SSSR count). The third-order valence-corrected chi connectivity index (χ3v) is 5.43. The smallest absolute Gasteiger partial charge is 0.0518 e. The van der Waals surface area contributed by atoms with Gasteiger partial charge in [-0.15, -0.1) is 11.8 Å². The molecule has 0 aliphatic carbocycles. The molecule has 150 valence electrons. The van der Waals surface area contributed by atoms with Crippen LogP contribution in [-0.4, -0.2) is 31.7 Å². The molecule has 26 heavy (non-hydrogen) atoms. The average Bonchev–Trinajstić information content (AvgIpc) is 2.65. The van der Waals surface area contributed by atoms with E-state index in [1.54, 1.807) is 0 Å². The van der Waals surface area contributed by atoms with Gasteiger partial charge in [-0.25, -0.2) is 0 Å². The van der Waals surface area contributed by atoms with E-state index in [9.17, 15) is 0 Å². The quantitative estimate of drug-likeness (QED) is 0.199. The van der Waals surface area contributed by atoms with Gasteiger partial charge >= 0.3 is 0 Å². The van der Waals surface area contributed by atoms with Crippen molar-refractivity contribution in [2.24, 2.45) is 0 Å². The predicted molar refractivity (Wildman–Crippen MR) is 115 cm³/mol. The Morgan fingerprint density at radius 3 is 1.92 bits per heavy atom. The molecular formula is C23H40O2S. The third kappa shape index (κ3) is 15.7. The van der Waals surface area contributed by atoms with Gasteiger partial charge in [0.2, 0.25) is 0 Å². The molecule has 0 aliphatic rings. The second-order valence-electron chi connectivity index (χ2n) is 7.23. The van der Waals surface area contributed by atoms with Crippen LogP contribution < -0.4 is 0 Å². The van der Waals surface area contributed by atoms with Crippen LogP contribution in [0.1, 0.15) is 78.1 Å². The first-order valence-corrected chi connectivity index (χ1v) is 11.6. The summed E-state index contributed by atoms with van der Waals surface area (Å²) in [5.41, 5.74) is 0. The van der Waals surface area contributed by atoms with E-state index in [0.29, 0.717) is 6.10 Å². The highest BCUT2D eigenvalue weighted by atomic mass is 32.2. The summed E-state index contributed by atoms with van der Waals surface area (Å²) < 4.78 is 11.1. The highest BCUT2D eigenvalue weighted by molar-refractivity contribution is 7.99. The number of benzene rings is 1. The van der Waals surface area contributed by atoms with Crippen LogP contribution >= 0.6 is 11.8 Å². The lowest BCUT2D eigenvalue weighted by atomic mass is 10.1. The zero-order valence-corrected chi connectivity index (χ0v) is 17.9. The first-order valence-electron chi connectivity index (χ1n) is 10.7. The van der Waals surface area contributed by atoms with Gasteiger partial charge in [-0.05, 0) is 51.0 Å². The summed E-state index contributed by atoms with van der Waals surface area (Å²) in [6.45, 7) is 6.73. The van der Waals surface area contributed by atoms with Crippen molar-refractivity contribution in [2.75, 3.05) is 25.6 Å². The standard InChI is InChI=1S/C23H40O2S/c1-22(2)25-20-15-19-24-18-13-8-6-4-3-5-7-9-14-21-26-23-16-11-10-12-17-23/h10-12,16-17,22H,3-9,13-15,18-21H2,1-2H3. The zero-order chi connectivity index (χ0) is 18.7. The van der Waals surface area contributed by atoms with Crippen LogP contribution in [-0.2, 0) is 9.47 Å². The van der Waals surface area contributed by atoms with E-state index in [-0.39, 0.29) is 0 Å². The number of rotatable bonds is 18. The molecular weight excluding hydrogens is 340 g/mol. The zero-order valence-electron chi connectivity index (χ0n) is 17.1. The normalized spacial score (nSPS) is 11.3. The SMILES string of the molecule is CC(C)OCCCOCCCCCCCCCCCSc1ccccc1. The van der Waals surface area contributed by atoms with Crippen molar-refractivity contribution < 1.29 is 9.47 Å². The van der Waals surface area contributed by atoms with Crippen molar-refractivity contribution in [1.82, 2.24) is 0 Å². The number of hydrogen-bond donors (Lipinski definition) is 0. The maximum absolute atomic E-state index is 5.65. The van der Waals surface area contributed by atoms with Crippen molar-refractivity contribution in [3.8, 4) is 0 Å². The second kappa shape index (κ2) is 17.9. The summed E-state index contributed by atoms with van der Waals surface area (Å²) in [7, 11) is 0. The molecule has 0 unspecified atom stereocenters. The third-order valence-electron chi connectivity index (χ3n) is 4.33.